The topological polar surface area (TPSA) is 66.0 Å². The number of rotatable bonds is 3. The highest BCUT2D eigenvalue weighted by Crippen LogP contribution is 2.49. The van der Waals surface area contributed by atoms with Crippen molar-refractivity contribution in [3.63, 3.8) is 0 Å². The summed E-state index contributed by atoms with van der Waals surface area (Å²) in [6.45, 7) is 30.7. The maximum Gasteiger partial charge on any atom is 0.0756 e. The summed E-state index contributed by atoms with van der Waals surface area (Å²) in [7, 11) is 0. The quantitative estimate of drug-likeness (QED) is 0.188. The van der Waals surface area contributed by atoms with E-state index in [1.807, 2.05) is 39.0 Å². The zero-order valence-electron chi connectivity index (χ0n) is 38.5. The van der Waals surface area contributed by atoms with Crippen molar-refractivity contribution in [2.24, 2.45) is 0 Å². The summed E-state index contributed by atoms with van der Waals surface area (Å²) in [6, 6.07) is 21.6. The first-order valence-corrected chi connectivity index (χ1v) is 23.3. The van der Waals surface area contributed by atoms with Gasteiger partial charge >= 0.3 is 0 Å². The lowest BCUT2D eigenvalue weighted by Gasteiger charge is -2.30. The van der Waals surface area contributed by atoms with E-state index < -0.39 is 0 Å². The Balaban J connectivity index is 0.000000143. The minimum absolute atomic E-state index is 0.0580. The van der Waals surface area contributed by atoms with Crippen molar-refractivity contribution in [2.75, 3.05) is 85.7 Å². The van der Waals surface area contributed by atoms with Crippen molar-refractivity contribution in [3.8, 4) is 0 Å². The zero-order chi connectivity index (χ0) is 45.0. The largest absolute Gasteiger partial charge is 0.384 e. The number of nitrogens with one attached hydrogen (secondary N) is 1. The summed E-state index contributed by atoms with van der Waals surface area (Å²) in [5.41, 5.74) is 18.0. The van der Waals surface area contributed by atoms with Crippen molar-refractivity contribution in [3.05, 3.63) is 121 Å². The molecule has 0 aliphatic carbocycles. The van der Waals surface area contributed by atoms with Crippen LogP contribution in [0.5, 0.6) is 0 Å². The zero-order valence-corrected chi connectivity index (χ0v) is 40.8. The molecule has 11 heteroatoms. The average Bonchev–Trinajstić information content (AvgIpc) is 3.72. The predicted molar refractivity (Wildman–Crippen MR) is 267 cm³/mol. The number of ether oxygens (including phenoxy) is 2. The number of aromatic nitrogens is 2. The second-order valence-electron chi connectivity index (χ2n) is 18.9. The molecule has 4 aliphatic rings. The third-order valence-corrected chi connectivity index (χ3v) is 14.3. The van der Waals surface area contributed by atoms with Gasteiger partial charge in [-0.2, -0.15) is 0 Å². The van der Waals surface area contributed by atoms with E-state index in [1.54, 1.807) is 0 Å². The highest BCUT2D eigenvalue weighted by atomic mass is 35.5. The number of pyridine rings is 2. The standard InChI is InChI=1S/C26H30ClN3O.C14H20N2O.C12H11Cl2N/c1-16-12-19(27)13-21-24(16)28-18(3)17(2)25(21)30-15-26(4,5)22-7-6-20(14-23(22)30)29-8-10-31-11-9-29;1-14(2)10-15-13-9-11(3-4-12(13)14)16-5-7-17-8-6-16;1-6-4-9(13)5-10-11(14)7(2)8(3)15-12(6)10/h6-7,12-14H,8-11,15H2,1-5H3;3-4,9,15H,5-8,10H2,1-2H3;4-5H,1-3H3. The summed E-state index contributed by atoms with van der Waals surface area (Å²) in [5, 5.41) is 7.79. The molecule has 0 bridgehead atoms. The van der Waals surface area contributed by atoms with Crippen LogP contribution in [0.2, 0.25) is 15.1 Å². The molecule has 2 fully saturated rings. The van der Waals surface area contributed by atoms with Crippen LogP contribution in [0, 0.1) is 41.5 Å². The van der Waals surface area contributed by atoms with Crippen LogP contribution in [0.4, 0.5) is 28.4 Å². The maximum absolute atomic E-state index is 6.51. The summed E-state index contributed by atoms with van der Waals surface area (Å²) in [6.07, 6.45) is 0. The van der Waals surface area contributed by atoms with Gasteiger partial charge in [0.2, 0.25) is 0 Å². The predicted octanol–water partition coefficient (Wildman–Crippen LogP) is 12.8. The van der Waals surface area contributed by atoms with E-state index in [1.165, 1.54) is 45.1 Å². The Morgan fingerprint density at radius 2 is 1.10 bits per heavy atom. The van der Waals surface area contributed by atoms with Gasteiger partial charge in [0.25, 0.3) is 0 Å². The Bertz CT molecular complexity index is 2700. The maximum atomic E-state index is 6.51. The van der Waals surface area contributed by atoms with Gasteiger partial charge in [-0.1, -0.05) is 74.6 Å². The Kier molecular flexibility index (Phi) is 12.9. The number of aryl methyl sites for hydroxylation is 4. The molecule has 332 valence electrons. The van der Waals surface area contributed by atoms with Crippen LogP contribution >= 0.6 is 34.8 Å². The molecular weight excluding hydrogens is 847 g/mol. The van der Waals surface area contributed by atoms with Gasteiger partial charge in [-0.15, -0.1) is 0 Å². The van der Waals surface area contributed by atoms with Gasteiger partial charge < -0.3 is 29.5 Å². The van der Waals surface area contributed by atoms with Gasteiger partial charge in [0.15, 0.2) is 0 Å². The molecule has 0 amide bonds. The highest BCUT2D eigenvalue weighted by Gasteiger charge is 2.38. The van der Waals surface area contributed by atoms with Gasteiger partial charge in [-0.25, -0.2) is 0 Å². The van der Waals surface area contributed by atoms with E-state index in [-0.39, 0.29) is 10.8 Å². The van der Waals surface area contributed by atoms with Crippen LogP contribution in [0.3, 0.4) is 0 Å². The smallest absolute Gasteiger partial charge is 0.0756 e. The molecule has 4 aliphatic heterocycles. The lowest BCUT2D eigenvalue weighted by Crippen LogP contribution is -2.36. The molecule has 6 aromatic rings. The molecule has 0 spiro atoms. The van der Waals surface area contributed by atoms with E-state index in [2.05, 4.69) is 116 Å². The molecule has 1 N–H and O–H groups in total. The minimum Gasteiger partial charge on any atom is -0.384 e. The molecule has 10 rings (SSSR count). The van der Waals surface area contributed by atoms with Gasteiger partial charge in [-0.3, -0.25) is 9.97 Å². The van der Waals surface area contributed by atoms with Gasteiger partial charge in [0.05, 0.1) is 48.2 Å². The summed E-state index contributed by atoms with van der Waals surface area (Å²) < 4.78 is 11.0. The van der Waals surface area contributed by atoms with Crippen molar-refractivity contribution >= 4 is 85.0 Å². The van der Waals surface area contributed by atoms with E-state index in [4.69, 9.17) is 49.3 Å². The monoisotopic (exact) mass is 906 g/mol. The first-order chi connectivity index (χ1) is 29.9. The Labute approximate surface area is 388 Å². The summed E-state index contributed by atoms with van der Waals surface area (Å²) in [4.78, 5) is 16.8. The number of hydrogen-bond acceptors (Lipinski definition) is 8. The van der Waals surface area contributed by atoms with E-state index in [0.29, 0.717) is 5.02 Å². The molecule has 0 radical (unpaired) electrons. The molecule has 0 saturated carbocycles. The minimum atomic E-state index is 0.0580. The van der Waals surface area contributed by atoms with Gasteiger partial charge in [-0.05, 0) is 123 Å². The van der Waals surface area contributed by atoms with E-state index >= 15 is 0 Å². The lowest BCUT2D eigenvalue weighted by molar-refractivity contribution is 0.122. The number of morpholine rings is 2. The van der Waals surface area contributed by atoms with Crippen LogP contribution in [0.1, 0.15) is 72.5 Å². The number of anilines is 5. The molecule has 0 atom stereocenters. The molecule has 6 heterocycles. The average molecular weight is 908 g/mol. The molecule has 4 aromatic carbocycles. The van der Waals surface area contributed by atoms with Crippen LogP contribution in [0.15, 0.2) is 60.7 Å². The Hall–Kier alpha value is -4.31. The van der Waals surface area contributed by atoms with Crippen LogP contribution in [-0.4, -0.2) is 75.7 Å². The SMILES string of the molecule is CC1(C)CNc2cc(N3CCOCC3)ccc21.Cc1nc2c(C)cc(Cl)cc2c(Cl)c1C.Cc1nc2c(C)cc(Cl)cc2c(N2CC(C)(C)c3ccc(N4CCOCC4)cc32)c1C. The van der Waals surface area contributed by atoms with Crippen molar-refractivity contribution in [1.29, 1.82) is 0 Å². The third kappa shape index (κ3) is 9.04. The van der Waals surface area contributed by atoms with E-state index in [9.17, 15) is 0 Å². The van der Waals surface area contributed by atoms with Crippen LogP contribution < -0.4 is 20.0 Å². The first kappa shape index (κ1) is 45.3. The molecule has 8 nitrogen and oxygen atoms in total. The summed E-state index contributed by atoms with van der Waals surface area (Å²) >= 11 is 18.8. The lowest BCUT2D eigenvalue weighted by atomic mass is 9.87. The number of fused-ring (bicyclic) bond motifs is 4. The third-order valence-electron chi connectivity index (χ3n) is 13.4. The highest BCUT2D eigenvalue weighted by molar-refractivity contribution is 6.37. The van der Waals surface area contributed by atoms with E-state index in [0.717, 1.165) is 126 Å². The second kappa shape index (κ2) is 17.9. The first-order valence-electron chi connectivity index (χ1n) is 22.2. The van der Waals surface area contributed by atoms with Crippen molar-refractivity contribution < 1.29 is 9.47 Å². The number of hydrogen-bond donors (Lipinski definition) is 1. The number of benzene rings is 4. The van der Waals surface area contributed by atoms with Crippen LogP contribution in [0.25, 0.3) is 21.8 Å². The molecular formula is C52H61Cl3N6O2. The Morgan fingerprint density at radius 3 is 1.68 bits per heavy atom. The van der Waals surface area contributed by atoms with Crippen LogP contribution in [-0.2, 0) is 20.3 Å². The molecule has 63 heavy (non-hydrogen) atoms. The van der Waals surface area contributed by atoms with Gasteiger partial charge in [0, 0.05) is 105 Å². The van der Waals surface area contributed by atoms with Crippen molar-refractivity contribution in [2.45, 2.75) is 80.1 Å². The fourth-order valence-corrected chi connectivity index (χ4v) is 10.3. The Morgan fingerprint density at radius 1 is 0.587 bits per heavy atom. The van der Waals surface area contributed by atoms with Gasteiger partial charge in [0.1, 0.15) is 0 Å². The molecule has 2 saturated heterocycles. The fraction of sp³-hybridized carbons (Fsp3) is 0.423. The fourth-order valence-electron chi connectivity index (χ4n) is 9.50. The second-order valence-corrected chi connectivity index (χ2v) is 20.1. The normalized spacial score (nSPS) is 17.4. The number of nitrogens with zero attached hydrogens (tertiary/aromatic N) is 5. The molecule has 2 aromatic heterocycles. The van der Waals surface area contributed by atoms with Crippen molar-refractivity contribution in [1.82, 2.24) is 9.97 Å². The summed E-state index contributed by atoms with van der Waals surface area (Å²) in [5.74, 6) is 0. The molecule has 0 unspecified atom stereocenters. The number of halogens is 3.